The van der Waals surface area contributed by atoms with E-state index in [2.05, 4.69) is 10.6 Å². The van der Waals surface area contributed by atoms with Gasteiger partial charge in [0, 0.05) is 17.6 Å². The molecule has 0 atom stereocenters. The monoisotopic (exact) mass is 321 g/mol. The molecule has 0 heterocycles. The minimum atomic E-state index is -1.02. The highest BCUT2D eigenvalue weighted by Crippen LogP contribution is 2.12. The maximum Gasteiger partial charge on any atom is 0.335 e. The number of anilines is 2. The number of aromatic carboxylic acids is 1. The maximum absolute atomic E-state index is 12.1. The lowest BCUT2D eigenvalue weighted by Gasteiger charge is -2.06. The van der Waals surface area contributed by atoms with Crippen molar-refractivity contribution < 1.29 is 14.7 Å². The van der Waals surface area contributed by atoms with Crippen molar-refractivity contribution in [3.8, 4) is 6.07 Å². The van der Waals surface area contributed by atoms with Crippen molar-refractivity contribution in [2.45, 2.75) is 6.92 Å². The number of carbonyl (C=O) groups excluding carboxylic acids is 1. The molecule has 2 aromatic rings. The van der Waals surface area contributed by atoms with Crippen molar-refractivity contribution in [2.24, 2.45) is 0 Å². The van der Waals surface area contributed by atoms with E-state index in [0.29, 0.717) is 11.4 Å². The topological polar surface area (TPSA) is 102 Å². The molecule has 6 heteroatoms. The van der Waals surface area contributed by atoms with Crippen LogP contribution >= 0.6 is 0 Å². The lowest BCUT2D eigenvalue weighted by molar-refractivity contribution is -0.112. The van der Waals surface area contributed by atoms with Gasteiger partial charge in [0.1, 0.15) is 11.6 Å². The molecule has 3 N–H and O–H groups in total. The second kappa shape index (κ2) is 7.61. The van der Waals surface area contributed by atoms with Gasteiger partial charge in [-0.25, -0.2) is 4.79 Å². The zero-order valence-corrected chi connectivity index (χ0v) is 12.9. The lowest BCUT2D eigenvalue weighted by atomic mass is 10.2. The van der Waals surface area contributed by atoms with Gasteiger partial charge < -0.3 is 15.7 Å². The Kier molecular flexibility index (Phi) is 5.32. The Morgan fingerprint density at radius 3 is 2.42 bits per heavy atom. The number of benzene rings is 2. The Bertz CT molecular complexity index is 833. The Labute approximate surface area is 139 Å². The number of amides is 1. The molecule has 0 fully saturated rings. The number of nitrogens with zero attached hydrogens (tertiary/aromatic N) is 1. The number of carboxylic acids is 1. The van der Waals surface area contributed by atoms with E-state index < -0.39 is 11.9 Å². The number of carbonyl (C=O) groups is 2. The molecule has 120 valence electrons. The highest BCUT2D eigenvalue weighted by molar-refractivity contribution is 6.06. The summed E-state index contributed by atoms with van der Waals surface area (Å²) < 4.78 is 0. The smallest absolute Gasteiger partial charge is 0.335 e. The molecule has 2 rings (SSSR count). The van der Waals surface area contributed by atoms with Crippen LogP contribution in [0.2, 0.25) is 0 Å². The first-order valence-corrected chi connectivity index (χ1v) is 7.08. The number of rotatable bonds is 5. The van der Waals surface area contributed by atoms with Crippen LogP contribution in [-0.2, 0) is 4.79 Å². The average molecular weight is 321 g/mol. The van der Waals surface area contributed by atoms with Gasteiger partial charge in [-0.05, 0) is 48.9 Å². The molecule has 0 aromatic heterocycles. The molecule has 0 spiro atoms. The number of hydrogen-bond donors (Lipinski definition) is 3. The summed E-state index contributed by atoms with van der Waals surface area (Å²) in [4.78, 5) is 22.9. The molecular formula is C18H15N3O3. The van der Waals surface area contributed by atoms with E-state index in [0.717, 1.165) is 5.56 Å². The van der Waals surface area contributed by atoms with Crippen LogP contribution in [0.25, 0.3) is 0 Å². The quantitative estimate of drug-likeness (QED) is 0.580. The van der Waals surface area contributed by atoms with Crippen molar-refractivity contribution in [3.05, 3.63) is 71.4 Å². The summed E-state index contributed by atoms with van der Waals surface area (Å²) >= 11 is 0. The van der Waals surface area contributed by atoms with Crippen molar-refractivity contribution >= 4 is 23.3 Å². The summed E-state index contributed by atoms with van der Waals surface area (Å²) in [6, 6.07) is 15.0. The number of nitrogens with one attached hydrogen (secondary N) is 2. The van der Waals surface area contributed by atoms with Crippen molar-refractivity contribution in [1.29, 1.82) is 5.26 Å². The molecule has 6 nitrogen and oxygen atoms in total. The van der Waals surface area contributed by atoms with E-state index in [1.165, 1.54) is 18.3 Å². The van der Waals surface area contributed by atoms with Crippen molar-refractivity contribution in [1.82, 2.24) is 0 Å². The largest absolute Gasteiger partial charge is 0.478 e. The average Bonchev–Trinajstić information content (AvgIpc) is 2.56. The minimum absolute atomic E-state index is 0.0983. The third-order valence-electron chi connectivity index (χ3n) is 3.16. The van der Waals surface area contributed by atoms with E-state index in [1.807, 2.05) is 25.1 Å². The molecule has 0 saturated heterocycles. The predicted octanol–water partition coefficient (Wildman–Crippen LogP) is 3.15. The second-order valence-corrected chi connectivity index (χ2v) is 5.02. The Morgan fingerprint density at radius 2 is 1.83 bits per heavy atom. The number of aryl methyl sites for hydroxylation is 1. The van der Waals surface area contributed by atoms with Crippen LogP contribution in [0.15, 0.2) is 60.3 Å². The summed E-state index contributed by atoms with van der Waals surface area (Å²) in [5.74, 6) is -1.55. The zero-order valence-electron chi connectivity index (χ0n) is 12.9. The van der Waals surface area contributed by atoms with Crippen LogP contribution in [-0.4, -0.2) is 17.0 Å². The fourth-order valence-corrected chi connectivity index (χ4v) is 1.93. The van der Waals surface area contributed by atoms with Gasteiger partial charge in [-0.3, -0.25) is 4.79 Å². The number of hydrogen-bond acceptors (Lipinski definition) is 4. The fraction of sp³-hybridized carbons (Fsp3) is 0.0556. The van der Waals surface area contributed by atoms with Gasteiger partial charge >= 0.3 is 5.97 Å². The highest BCUT2D eigenvalue weighted by Gasteiger charge is 2.09. The van der Waals surface area contributed by atoms with Crippen molar-refractivity contribution in [2.75, 3.05) is 10.6 Å². The Morgan fingerprint density at radius 1 is 1.12 bits per heavy atom. The maximum atomic E-state index is 12.1. The van der Waals surface area contributed by atoms with Gasteiger partial charge in [-0.2, -0.15) is 5.26 Å². The molecular weight excluding hydrogens is 306 g/mol. The first-order valence-electron chi connectivity index (χ1n) is 7.08. The molecule has 0 aliphatic carbocycles. The van der Waals surface area contributed by atoms with Crippen LogP contribution in [0, 0.1) is 18.3 Å². The van der Waals surface area contributed by atoms with Gasteiger partial charge in [0.15, 0.2) is 0 Å². The van der Waals surface area contributed by atoms with Gasteiger partial charge in [0.25, 0.3) is 5.91 Å². The second-order valence-electron chi connectivity index (χ2n) is 5.02. The number of carboxylic acid groups (broad SMARTS) is 1. The van der Waals surface area contributed by atoms with E-state index in [9.17, 15) is 9.59 Å². The van der Waals surface area contributed by atoms with Crippen LogP contribution < -0.4 is 10.6 Å². The van der Waals surface area contributed by atoms with Gasteiger partial charge in [0.2, 0.25) is 0 Å². The van der Waals surface area contributed by atoms with E-state index >= 15 is 0 Å². The van der Waals surface area contributed by atoms with Crippen molar-refractivity contribution in [3.63, 3.8) is 0 Å². The van der Waals surface area contributed by atoms with Crippen LogP contribution in [0.1, 0.15) is 15.9 Å². The fourth-order valence-electron chi connectivity index (χ4n) is 1.93. The van der Waals surface area contributed by atoms with E-state index in [-0.39, 0.29) is 11.1 Å². The first-order chi connectivity index (χ1) is 11.5. The van der Waals surface area contributed by atoms with Crippen LogP contribution in [0.4, 0.5) is 11.4 Å². The first kappa shape index (κ1) is 16.8. The minimum Gasteiger partial charge on any atom is -0.478 e. The molecule has 0 radical (unpaired) electrons. The SMILES string of the molecule is Cc1cccc(NC(=O)/C(C#N)=C\Nc2ccc(C(=O)O)cc2)c1. The third-order valence-corrected chi connectivity index (χ3v) is 3.16. The standard InChI is InChI=1S/C18H15N3O3/c1-12-3-2-4-16(9-12)21-17(22)14(10-19)11-20-15-7-5-13(6-8-15)18(23)24/h2-9,11,20H,1H3,(H,21,22)(H,23,24)/b14-11-. The number of nitriles is 1. The molecule has 0 bridgehead atoms. The molecule has 0 saturated carbocycles. The predicted molar refractivity (Wildman–Crippen MR) is 90.5 cm³/mol. The van der Waals surface area contributed by atoms with E-state index in [1.54, 1.807) is 24.3 Å². The summed E-state index contributed by atoms with van der Waals surface area (Å²) in [6.45, 7) is 1.90. The summed E-state index contributed by atoms with van der Waals surface area (Å²) in [7, 11) is 0. The Hall–Kier alpha value is -3.59. The lowest BCUT2D eigenvalue weighted by Crippen LogP contribution is -2.14. The summed E-state index contributed by atoms with van der Waals surface area (Å²) in [5, 5.41) is 23.4. The van der Waals surface area contributed by atoms with Crippen LogP contribution in [0.5, 0.6) is 0 Å². The molecule has 0 aliphatic heterocycles. The summed E-state index contributed by atoms with van der Waals surface area (Å²) in [6.07, 6.45) is 1.28. The van der Waals surface area contributed by atoms with E-state index in [4.69, 9.17) is 10.4 Å². The third kappa shape index (κ3) is 4.45. The van der Waals surface area contributed by atoms with Gasteiger partial charge in [-0.1, -0.05) is 12.1 Å². The highest BCUT2D eigenvalue weighted by atomic mass is 16.4. The normalized spacial score (nSPS) is 10.6. The Balaban J connectivity index is 2.07. The van der Waals surface area contributed by atoms with Crippen LogP contribution in [0.3, 0.4) is 0 Å². The van der Waals surface area contributed by atoms with Gasteiger partial charge in [-0.15, -0.1) is 0 Å². The molecule has 2 aromatic carbocycles. The zero-order chi connectivity index (χ0) is 17.5. The molecule has 0 aliphatic rings. The summed E-state index contributed by atoms with van der Waals surface area (Å²) in [5.41, 5.74) is 2.22. The molecule has 24 heavy (non-hydrogen) atoms. The molecule has 1 amide bonds. The molecule has 0 unspecified atom stereocenters. The van der Waals surface area contributed by atoms with Gasteiger partial charge in [0.05, 0.1) is 5.56 Å².